The molecule has 0 aliphatic carbocycles. The molecule has 0 radical (unpaired) electrons. The fourth-order valence-electron chi connectivity index (χ4n) is 2.27. The number of carbonyl (C=O) groups is 1. The van der Waals surface area contributed by atoms with Crippen molar-refractivity contribution in [2.24, 2.45) is 0 Å². The van der Waals surface area contributed by atoms with Gasteiger partial charge in [-0.3, -0.25) is 4.98 Å². The molecule has 106 valence electrons. The molecule has 2 N–H and O–H groups in total. The minimum atomic E-state index is -0.389. The van der Waals surface area contributed by atoms with Crippen LogP contribution in [0.15, 0.2) is 48.8 Å². The third kappa shape index (κ3) is 2.58. The van der Waals surface area contributed by atoms with Crippen molar-refractivity contribution in [3.63, 3.8) is 0 Å². The maximum atomic E-state index is 11.9. The zero-order valence-electron chi connectivity index (χ0n) is 11.6. The number of fused-ring (bicyclic) bond motifs is 1. The van der Waals surface area contributed by atoms with Gasteiger partial charge in [-0.05, 0) is 17.7 Å². The van der Waals surface area contributed by atoms with Crippen LogP contribution in [0.1, 0.15) is 16.1 Å². The van der Waals surface area contributed by atoms with Crippen molar-refractivity contribution in [3.05, 3.63) is 60.0 Å². The highest BCUT2D eigenvalue weighted by Gasteiger charge is 2.17. The Kier molecular flexibility index (Phi) is 3.55. The van der Waals surface area contributed by atoms with E-state index in [1.54, 1.807) is 12.4 Å². The maximum Gasteiger partial charge on any atom is 0.356 e. The summed E-state index contributed by atoms with van der Waals surface area (Å²) in [5.41, 5.74) is 3.12. The summed E-state index contributed by atoms with van der Waals surface area (Å²) in [6.45, 7) is 0.583. The number of aromatic amines is 1. The molecule has 2 aromatic heterocycles. The Bertz CT molecular complexity index is 766. The van der Waals surface area contributed by atoms with Crippen LogP contribution in [0.2, 0.25) is 0 Å². The second-order valence-electron chi connectivity index (χ2n) is 4.63. The first-order valence-electron chi connectivity index (χ1n) is 6.61. The van der Waals surface area contributed by atoms with Crippen LogP contribution >= 0.6 is 0 Å². The van der Waals surface area contributed by atoms with Crippen molar-refractivity contribution in [1.82, 2.24) is 9.97 Å². The molecule has 0 aliphatic rings. The summed E-state index contributed by atoms with van der Waals surface area (Å²) in [5.74, 6) is -0.389. The van der Waals surface area contributed by atoms with E-state index in [4.69, 9.17) is 4.74 Å². The number of hydrogen-bond acceptors (Lipinski definition) is 4. The van der Waals surface area contributed by atoms with Crippen molar-refractivity contribution in [1.29, 1.82) is 0 Å². The molecule has 2 heterocycles. The lowest BCUT2D eigenvalue weighted by Crippen LogP contribution is -2.07. The van der Waals surface area contributed by atoms with Crippen LogP contribution in [0.4, 0.5) is 5.69 Å². The summed E-state index contributed by atoms with van der Waals surface area (Å²) in [5, 5.41) is 4.26. The highest BCUT2D eigenvalue weighted by Crippen LogP contribution is 2.28. The van der Waals surface area contributed by atoms with Gasteiger partial charge in [0.1, 0.15) is 5.69 Å². The quantitative estimate of drug-likeness (QED) is 0.721. The van der Waals surface area contributed by atoms with Crippen LogP contribution < -0.4 is 5.32 Å². The largest absolute Gasteiger partial charge is 0.464 e. The lowest BCUT2D eigenvalue weighted by Gasteiger charge is -2.07. The molecular weight excluding hydrogens is 266 g/mol. The highest BCUT2D eigenvalue weighted by molar-refractivity contribution is 6.06. The third-order valence-corrected chi connectivity index (χ3v) is 3.29. The Morgan fingerprint density at radius 1 is 1.29 bits per heavy atom. The Morgan fingerprint density at radius 2 is 2.14 bits per heavy atom. The van der Waals surface area contributed by atoms with E-state index in [9.17, 15) is 4.79 Å². The second-order valence-corrected chi connectivity index (χ2v) is 4.63. The van der Waals surface area contributed by atoms with E-state index in [1.807, 2.05) is 36.4 Å². The molecular formula is C16H15N3O2. The van der Waals surface area contributed by atoms with Gasteiger partial charge in [0.15, 0.2) is 0 Å². The van der Waals surface area contributed by atoms with E-state index in [2.05, 4.69) is 15.3 Å². The van der Waals surface area contributed by atoms with Crippen molar-refractivity contribution in [2.45, 2.75) is 6.54 Å². The number of H-pyrrole nitrogens is 1. The third-order valence-electron chi connectivity index (χ3n) is 3.29. The molecule has 0 bridgehead atoms. The normalized spacial score (nSPS) is 10.5. The number of ether oxygens (including phenoxy) is 1. The first-order chi connectivity index (χ1) is 10.3. The molecule has 0 saturated carbocycles. The first kappa shape index (κ1) is 13.2. The van der Waals surface area contributed by atoms with Gasteiger partial charge in [0.05, 0.1) is 12.8 Å². The smallest absolute Gasteiger partial charge is 0.356 e. The lowest BCUT2D eigenvalue weighted by molar-refractivity contribution is 0.0596. The Morgan fingerprint density at radius 3 is 2.90 bits per heavy atom. The van der Waals surface area contributed by atoms with Crippen molar-refractivity contribution in [2.75, 3.05) is 12.4 Å². The maximum absolute atomic E-state index is 11.9. The molecule has 5 nitrogen and oxygen atoms in total. The monoisotopic (exact) mass is 281 g/mol. The SMILES string of the molecule is COC(=O)c1[nH]c2ccccc2c1NCc1cccnc1. The molecule has 3 rings (SSSR count). The summed E-state index contributed by atoms with van der Waals surface area (Å²) in [6.07, 6.45) is 3.52. The van der Waals surface area contributed by atoms with Gasteiger partial charge in [-0.2, -0.15) is 0 Å². The Labute approximate surface area is 122 Å². The fourth-order valence-corrected chi connectivity index (χ4v) is 2.27. The summed E-state index contributed by atoms with van der Waals surface area (Å²) in [7, 11) is 1.37. The number of pyridine rings is 1. The summed E-state index contributed by atoms with van der Waals surface area (Å²) in [6, 6.07) is 11.6. The Balaban J connectivity index is 1.97. The molecule has 0 unspecified atom stereocenters. The number of rotatable bonds is 4. The summed E-state index contributed by atoms with van der Waals surface area (Å²) < 4.78 is 4.84. The molecule has 0 atom stereocenters. The Hall–Kier alpha value is -2.82. The van der Waals surface area contributed by atoms with Crippen LogP contribution in [-0.2, 0) is 11.3 Å². The van der Waals surface area contributed by atoms with E-state index in [-0.39, 0.29) is 5.97 Å². The average molecular weight is 281 g/mol. The van der Waals surface area contributed by atoms with Gasteiger partial charge in [0.2, 0.25) is 0 Å². The molecule has 5 heteroatoms. The number of carbonyl (C=O) groups excluding carboxylic acids is 1. The predicted octanol–water partition coefficient (Wildman–Crippen LogP) is 2.96. The molecule has 0 fully saturated rings. The number of para-hydroxylation sites is 1. The number of anilines is 1. The molecule has 3 aromatic rings. The van der Waals surface area contributed by atoms with E-state index >= 15 is 0 Å². The summed E-state index contributed by atoms with van der Waals surface area (Å²) >= 11 is 0. The number of aromatic nitrogens is 2. The van der Waals surface area contributed by atoms with Gasteiger partial charge in [0.25, 0.3) is 0 Å². The van der Waals surface area contributed by atoms with E-state index in [0.717, 1.165) is 22.2 Å². The first-order valence-corrected chi connectivity index (χ1v) is 6.61. The predicted molar refractivity (Wildman–Crippen MR) is 81.2 cm³/mol. The van der Waals surface area contributed by atoms with Crippen LogP contribution in [0.25, 0.3) is 10.9 Å². The number of benzene rings is 1. The second kappa shape index (κ2) is 5.66. The fraction of sp³-hybridized carbons (Fsp3) is 0.125. The van der Waals surface area contributed by atoms with Crippen molar-refractivity contribution < 1.29 is 9.53 Å². The number of methoxy groups -OCH3 is 1. The van der Waals surface area contributed by atoms with Gasteiger partial charge in [-0.15, -0.1) is 0 Å². The topological polar surface area (TPSA) is 67.0 Å². The molecule has 21 heavy (non-hydrogen) atoms. The number of nitrogens with one attached hydrogen (secondary N) is 2. The van der Waals surface area contributed by atoms with Crippen LogP contribution in [0, 0.1) is 0 Å². The van der Waals surface area contributed by atoms with Crippen molar-refractivity contribution >= 4 is 22.6 Å². The summed E-state index contributed by atoms with van der Waals surface area (Å²) in [4.78, 5) is 19.1. The minimum absolute atomic E-state index is 0.389. The average Bonchev–Trinajstić information content (AvgIpc) is 2.92. The molecule has 0 amide bonds. The van der Waals surface area contributed by atoms with E-state index < -0.39 is 0 Å². The van der Waals surface area contributed by atoms with Crippen molar-refractivity contribution in [3.8, 4) is 0 Å². The number of hydrogen-bond donors (Lipinski definition) is 2. The molecule has 0 spiro atoms. The van der Waals surface area contributed by atoms with Crippen LogP contribution in [0.5, 0.6) is 0 Å². The zero-order chi connectivity index (χ0) is 14.7. The van der Waals surface area contributed by atoms with E-state index in [0.29, 0.717) is 12.2 Å². The standard InChI is InChI=1S/C16H15N3O2/c1-21-16(20)15-14(12-6-2-3-7-13(12)19-15)18-10-11-5-4-8-17-9-11/h2-9,18-19H,10H2,1H3. The van der Waals surface area contributed by atoms with Gasteiger partial charge in [-0.25, -0.2) is 4.79 Å². The molecule has 0 saturated heterocycles. The lowest BCUT2D eigenvalue weighted by atomic mass is 10.2. The molecule has 0 aliphatic heterocycles. The zero-order valence-corrected chi connectivity index (χ0v) is 11.6. The van der Waals surface area contributed by atoms with Gasteiger partial charge >= 0.3 is 5.97 Å². The van der Waals surface area contributed by atoms with Gasteiger partial charge < -0.3 is 15.0 Å². The molecule has 1 aromatic carbocycles. The number of nitrogens with zero attached hydrogens (tertiary/aromatic N) is 1. The van der Waals surface area contributed by atoms with Gasteiger partial charge in [0, 0.05) is 29.8 Å². The highest BCUT2D eigenvalue weighted by atomic mass is 16.5. The minimum Gasteiger partial charge on any atom is -0.464 e. The number of esters is 1. The van der Waals surface area contributed by atoms with Crippen LogP contribution in [0.3, 0.4) is 0 Å². The van der Waals surface area contributed by atoms with Gasteiger partial charge in [-0.1, -0.05) is 24.3 Å². The van der Waals surface area contributed by atoms with Crippen LogP contribution in [-0.4, -0.2) is 23.0 Å². The van der Waals surface area contributed by atoms with E-state index in [1.165, 1.54) is 7.11 Å².